The summed E-state index contributed by atoms with van der Waals surface area (Å²) in [6, 6.07) is 7.75. The number of anilines is 1. The van der Waals surface area contributed by atoms with Crippen molar-refractivity contribution in [3.8, 4) is 0 Å². The normalized spacial score (nSPS) is 9.06. The molecule has 0 aliphatic heterocycles. The van der Waals surface area contributed by atoms with Crippen molar-refractivity contribution in [1.29, 1.82) is 0 Å². The maximum absolute atomic E-state index is 9.60. The SMILES string of the molecule is CCOC(N)=O.Nc1ccccc1CCCO. The summed E-state index contributed by atoms with van der Waals surface area (Å²) in [6.07, 6.45) is 0.940. The minimum Gasteiger partial charge on any atom is -0.450 e. The molecule has 0 saturated heterocycles. The molecular formula is C12H20N2O3. The maximum Gasteiger partial charge on any atom is 0.404 e. The average Bonchev–Trinajstić information content (AvgIpc) is 2.29. The van der Waals surface area contributed by atoms with Crippen molar-refractivity contribution in [3.05, 3.63) is 29.8 Å². The maximum atomic E-state index is 9.60. The van der Waals surface area contributed by atoms with Gasteiger partial charge < -0.3 is 21.3 Å². The van der Waals surface area contributed by atoms with E-state index in [0.29, 0.717) is 6.61 Å². The van der Waals surface area contributed by atoms with E-state index < -0.39 is 6.09 Å². The number of carbonyl (C=O) groups excluding carboxylic acids is 1. The van der Waals surface area contributed by atoms with Crippen molar-refractivity contribution >= 4 is 11.8 Å². The zero-order valence-electron chi connectivity index (χ0n) is 10.1. The van der Waals surface area contributed by atoms with Gasteiger partial charge in [-0.05, 0) is 31.4 Å². The quantitative estimate of drug-likeness (QED) is 0.691. The lowest BCUT2D eigenvalue weighted by Crippen LogP contribution is -2.11. The molecule has 0 bridgehead atoms. The van der Waals surface area contributed by atoms with Crippen LogP contribution in [-0.4, -0.2) is 24.4 Å². The summed E-state index contributed by atoms with van der Waals surface area (Å²) in [5, 5.41) is 8.58. The van der Waals surface area contributed by atoms with E-state index in [2.05, 4.69) is 10.5 Å². The molecule has 0 aliphatic rings. The van der Waals surface area contributed by atoms with E-state index >= 15 is 0 Å². The van der Waals surface area contributed by atoms with Gasteiger partial charge in [0, 0.05) is 12.3 Å². The molecule has 0 spiro atoms. The van der Waals surface area contributed by atoms with Crippen LogP contribution in [0.4, 0.5) is 10.5 Å². The summed E-state index contributed by atoms with van der Waals surface area (Å²) >= 11 is 0. The zero-order valence-corrected chi connectivity index (χ0v) is 10.1. The third-order valence-corrected chi connectivity index (χ3v) is 1.95. The van der Waals surface area contributed by atoms with Crippen LogP contribution in [0.15, 0.2) is 24.3 Å². The van der Waals surface area contributed by atoms with Gasteiger partial charge in [0.1, 0.15) is 0 Å². The Morgan fingerprint density at radius 3 is 2.47 bits per heavy atom. The first kappa shape index (κ1) is 15.2. The molecular weight excluding hydrogens is 220 g/mol. The van der Waals surface area contributed by atoms with Gasteiger partial charge in [-0.3, -0.25) is 0 Å². The molecule has 1 rings (SSSR count). The fraction of sp³-hybridized carbons (Fsp3) is 0.417. The number of primary amides is 1. The van der Waals surface area contributed by atoms with Crippen LogP contribution < -0.4 is 11.5 Å². The van der Waals surface area contributed by atoms with E-state index in [0.717, 1.165) is 24.1 Å². The second kappa shape index (κ2) is 9.47. The van der Waals surface area contributed by atoms with Crippen LogP contribution in [0.3, 0.4) is 0 Å². The predicted octanol–water partition coefficient (Wildman–Crippen LogP) is 1.30. The van der Waals surface area contributed by atoms with Crippen LogP contribution in [-0.2, 0) is 11.2 Å². The van der Waals surface area contributed by atoms with Crippen LogP contribution in [0.5, 0.6) is 0 Å². The highest BCUT2D eigenvalue weighted by Gasteiger charge is 1.95. The molecule has 17 heavy (non-hydrogen) atoms. The number of aryl methyl sites for hydroxylation is 1. The molecule has 5 N–H and O–H groups in total. The molecule has 0 fully saturated rings. The van der Waals surface area contributed by atoms with Crippen LogP contribution in [0.2, 0.25) is 0 Å². The molecule has 0 radical (unpaired) electrons. The summed E-state index contributed by atoms with van der Waals surface area (Å²) < 4.78 is 4.18. The predicted molar refractivity (Wildman–Crippen MR) is 67.5 cm³/mol. The fourth-order valence-electron chi connectivity index (χ4n) is 1.17. The number of benzene rings is 1. The van der Waals surface area contributed by atoms with Gasteiger partial charge in [0.05, 0.1) is 6.61 Å². The molecule has 0 aliphatic carbocycles. The highest BCUT2D eigenvalue weighted by atomic mass is 16.5. The first-order chi connectivity index (χ1) is 8.11. The number of para-hydroxylation sites is 1. The molecule has 1 amide bonds. The van der Waals surface area contributed by atoms with Crippen molar-refractivity contribution < 1.29 is 14.6 Å². The summed E-state index contributed by atoms with van der Waals surface area (Å²) in [5.74, 6) is 0. The van der Waals surface area contributed by atoms with Gasteiger partial charge in [0.15, 0.2) is 0 Å². The van der Waals surface area contributed by atoms with E-state index in [1.165, 1.54) is 0 Å². The van der Waals surface area contributed by atoms with Crippen molar-refractivity contribution in [2.45, 2.75) is 19.8 Å². The van der Waals surface area contributed by atoms with E-state index in [9.17, 15) is 4.79 Å². The Bertz CT molecular complexity index is 329. The number of hydrogen-bond acceptors (Lipinski definition) is 4. The number of nitrogens with two attached hydrogens (primary N) is 2. The fourth-order valence-corrected chi connectivity index (χ4v) is 1.17. The van der Waals surface area contributed by atoms with Crippen molar-refractivity contribution in [3.63, 3.8) is 0 Å². The Kier molecular flexibility index (Phi) is 8.50. The Hall–Kier alpha value is -1.75. The molecule has 0 saturated carbocycles. The number of aliphatic hydroxyl groups excluding tert-OH is 1. The lowest BCUT2D eigenvalue weighted by atomic mass is 10.1. The van der Waals surface area contributed by atoms with E-state index in [1.54, 1.807) is 6.92 Å². The summed E-state index contributed by atoms with van der Waals surface area (Å²) in [7, 11) is 0. The van der Waals surface area contributed by atoms with Gasteiger partial charge in [-0.15, -0.1) is 0 Å². The topological polar surface area (TPSA) is 98.6 Å². The standard InChI is InChI=1S/C9H13NO.C3H7NO2/c10-9-6-2-1-4-8(9)5-3-7-11;1-2-6-3(4)5/h1-2,4,6,11H,3,5,7,10H2;2H2,1H3,(H2,4,5). The molecule has 5 heteroatoms. The Labute approximate surface area is 101 Å². The summed E-state index contributed by atoms with van der Waals surface area (Å²) in [5.41, 5.74) is 12.2. The van der Waals surface area contributed by atoms with E-state index in [1.807, 2.05) is 24.3 Å². The van der Waals surface area contributed by atoms with Gasteiger partial charge in [0.25, 0.3) is 0 Å². The number of carbonyl (C=O) groups is 1. The van der Waals surface area contributed by atoms with Gasteiger partial charge in [-0.2, -0.15) is 0 Å². The molecule has 0 aromatic heterocycles. The number of hydrogen-bond donors (Lipinski definition) is 3. The Morgan fingerprint density at radius 1 is 1.41 bits per heavy atom. The molecule has 0 unspecified atom stereocenters. The van der Waals surface area contributed by atoms with Gasteiger partial charge in [-0.25, -0.2) is 4.79 Å². The van der Waals surface area contributed by atoms with Gasteiger partial charge in [-0.1, -0.05) is 18.2 Å². The highest BCUT2D eigenvalue weighted by Crippen LogP contribution is 2.11. The zero-order chi connectivity index (χ0) is 13.1. The second-order valence-electron chi connectivity index (χ2n) is 3.28. The summed E-state index contributed by atoms with van der Waals surface area (Å²) in [6.45, 7) is 2.29. The smallest absolute Gasteiger partial charge is 0.404 e. The lowest BCUT2D eigenvalue weighted by Gasteiger charge is -2.02. The molecule has 0 atom stereocenters. The summed E-state index contributed by atoms with van der Waals surface area (Å²) in [4.78, 5) is 9.60. The first-order valence-electron chi connectivity index (χ1n) is 5.48. The van der Waals surface area contributed by atoms with Crippen molar-refractivity contribution in [1.82, 2.24) is 0 Å². The average molecular weight is 240 g/mol. The monoisotopic (exact) mass is 240 g/mol. The Morgan fingerprint density at radius 2 is 2.06 bits per heavy atom. The largest absolute Gasteiger partial charge is 0.450 e. The highest BCUT2D eigenvalue weighted by molar-refractivity contribution is 5.64. The van der Waals surface area contributed by atoms with Crippen LogP contribution >= 0.6 is 0 Å². The minimum absolute atomic E-state index is 0.230. The third kappa shape index (κ3) is 8.10. The third-order valence-electron chi connectivity index (χ3n) is 1.95. The molecule has 96 valence electrons. The number of nitrogen functional groups attached to an aromatic ring is 1. The van der Waals surface area contributed by atoms with Crippen LogP contribution in [0, 0.1) is 0 Å². The van der Waals surface area contributed by atoms with E-state index in [4.69, 9.17) is 10.8 Å². The van der Waals surface area contributed by atoms with Gasteiger partial charge in [0.2, 0.25) is 0 Å². The minimum atomic E-state index is -0.711. The number of amides is 1. The molecule has 1 aromatic carbocycles. The van der Waals surface area contributed by atoms with Crippen LogP contribution in [0.25, 0.3) is 0 Å². The molecule has 0 heterocycles. The number of rotatable bonds is 4. The first-order valence-corrected chi connectivity index (χ1v) is 5.48. The van der Waals surface area contributed by atoms with E-state index in [-0.39, 0.29) is 6.61 Å². The van der Waals surface area contributed by atoms with Crippen LogP contribution in [0.1, 0.15) is 18.9 Å². The van der Waals surface area contributed by atoms with Gasteiger partial charge >= 0.3 is 6.09 Å². The van der Waals surface area contributed by atoms with Crippen molar-refractivity contribution in [2.75, 3.05) is 18.9 Å². The molecule has 5 nitrogen and oxygen atoms in total. The number of ether oxygens (including phenoxy) is 1. The lowest BCUT2D eigenvalue weighted by molar-refractivity contribution is 0.163. The number of aliphatic hydroxyl groups is 1. The molecule has 1 aromatic rings. The van der Waals surface area contributed by atoms with Crippen molar-refractivity contribution in [2.24, 2.45) is 5.73 Å². The second-order valence-corrected chi connectivity index (χ2v) is 3.28. The Balaban J connectivity index is 0.000000366.